The van der Waals surface area contributed by atoms with E-state index in [2.05, 4.69) is 9.97 Å². The lowest BCUT2D eigenvalue weighted by atomic mass is 10.1. The zero-order valence-electron chi connectivity index (χ0n) is 13.0. The molecule has 0 bridgehead atoms. The third kappa shape index (κ3) is 4.07. The van der Waals surface area contributed by atoms with Crippen LogP contribution in [0.15, 0.2) is 29.3 Å². The summed E-state index contributed by atoms with van der Waals surface area (Å²) in [7, 11) is 1.58. The first-order chi connectivity index (χ1) is 10.9. The molecule has 2 aromatic rings. The largest absolute Gasteiger partial charge is 0.497 e. The number of carbonyl (C=O) groups excluding carboxylic acids is 1. The van der Waals surface area contributed by atoms with Gasteiger partial charge in [-0.05, 0) is 38.1 Å². The van der Waals surface area contributed by atoms with Crippen LogP contribution in [0.4, 0.5) is 0 Å². The summed E-state index contributed by atoms with van der Waals surface area (Å²) in [6.45, 7) is 3.14. The van der Waals surface area contributed by atoms with E-state index in [9.17, 15) is 9.59 Å². The Labute approximate surface area is 137 Å². The minimum Gasteiger partial charge on any atom is -0.497 e. The highest BCUT2D eigenvalue weighted by molar-refractivity contribution is 8.00. The normalized spacial score (nSPS) is 10.4. The number of thioether (sulfide) groups is 1. The molecule has 120 valence electrons. The number of aromatic nitrogens is 2. The Morgan fingerprint density at radius 1 is 1.22 bits per heavy atom. The molecule has 0 fully saturated rings. The van der Waals surface area contributed by atoms with Crippen molar-refractivity contribution in [2.45, 2.75) is 18.9 Å². The van der Waals surface area contributed by atoms with Crippen molar-refractivity contribution in [2.75, 3.05) is 12.9 Å². The van der Waals surface area contributed by atoms with Crippen molar-refractivity contribution in [3.8, 4) is 17.1 Å². The Balaban J connectivity index is 2.48. The number of carboxylic acid groups (broad SMARTS) is 1. The Morgan fingerprint density at radius 3 is 2.39 bits per heavy atom. The van der Waals surface area contributed by atoms with Crippen LogP contribution in [0, 0.1) is 6.92 Å². The molecule has 2 rings (SSSR count). The molecule has 0 saturated heterocycles. The van der Waals surface area contributed by atoms with Crippen molar-refractivity contribution in [2.24, 2.45) is 0 Å². The van der Waals surface area contributed by atoms with Gasteiger partial charge in [0.2, 0.25) is 0 Å². The second kappa shape index (κ2) is 7.23. The van der Waals surface area contributed by atoms with Gasteiger partial charge in [-0.1, -0.05) is 11.8 Å². The van der Waals surface area contributed by atoms with Crippen molar-refractivity contribution in [3.05, 3.63) is 35.5 Å². The molecule has 0 amide bonds. The van der Waals surface area contributed by atoms with Crippen molar-refractivity contribution in [3.63, 3.8) is 0 Å². The number of rotatable bonds is 6. The van der Waals surface area contributed by atoms with Gasteiger partial charge in [0.05, 0.1) is 24.1 Å². The van der Waals surface area contributed by atoms with Gasteiger partial charge in [-0.3, -0.25) is 9.59 Å². The standard InChI is InChI=1S/C16H16N2O4S/c1-9-14(10(2)19)16(23-8-13(20)21)18-15(17-9)11-4-6-12(22-3)7-5-11/h4-7H,8H2,1-3H3,(H,20,21). The summed E-state index contributed by atoms with van der Waals surface area (Å²) in [5, 5.41) is 9.24. The highest BCUT2D eigenvalue weighted by Gasteiger charge is 2.17. The summed E-state index contributed by atoms with van der Waals surface area (Å²) in [6.07, 6.45) is 0. The lowest BCUT2D eigenvalue weighted by molar-refractivity contribution is -0.133. The Bertz CT molecular complexity index is 744. The fourth-order valence-electron chi connectivity index (χ4n) is 2.06. The molecule has 1 heterocycles. The third-order valence-electron chi connectivity index (χ3n) is 3.09. The summed E-state index contributed by atoms with van der Waals surface area (Å²) in [5.74, 6) is -0.156. The monoisotopic (exact) mass is 332 g/mol. The first-order valence-electron chi connectivity index (χ1n) is 6.81. The zero-order valence-corrected chi connectivity index (χ0v) is 13.8. The van der Waals surface area contributed by atoms with Crippen LogP contribution < -0.4 is 4.74 Å². The van der Waals surface area contributed by atoms with Crippen LogP contribution in [-0.2, 0) is 4.79 Å². The molecule has 0 saturated carbocycles. The quantitative estimate of drug-likeness (QED) is 0.494. The second-order valence-corrected chi connectivity index (χ2v) is 5.74. The average molecular weight is 332 g/mol. The zero-order chi connectivity index (χ0) is 17.0. The third-order valence-corrected chi connectivity index (χ3v) is 4.05. The maximum absolute atomic E-state index is 11.8. The number of methoxy groups -OCH3 is 1. The summed E-state index contributed by atoms with van der Waals surface area (Å²) in [4.78, 5) is 31.4. The number of ketones is 1. The van der Waals surface area contributed by atoms with E-state index in [1.807, 2.05) is 12.1 Å². The maximum atomic E-state index is 11.8. The summed E-state index contributed by atoms with van der Waals surface area (Å²) in [5.41, 5.74) is 1.67. The van der Waals surface area contributed by atoms with E-state index in [0.29, 0.717) is 27.9 Å². The second-order valence-electron chi connectivity index (χ2n) is 4.78. The fourth-order valence-corrected chi connectivity index (χ4v) is 2.90. The van der Waals surface area contributed by atoms with E-state index < -0.39 is 5.97 Å². The van der Waals surface area contributed by atoms with Crippen LogP contribution in [0.25, 0.3) is 11.4 Å². The van der Waals surface area contributed by atoms with Crippen molar-refractivity contribution in [1.29, 1.82) is 0 Å². The number of nitrogens with zero attached hydrogens (tertiary/aromatic N) is 2. The number of aryl methyl sites for hydroxylation is 1. The van der Waals surface area contributed by atoms with Crippen molar-refractivity contribution < 1.29 is 19.4 Å². The van der Waals surface area contributed by atoms with Crippen molar-refractivity contribution in [1.82, 2.24) is 9.97 Å². The SMILES string of the molecule is COc1ccc(-c2nc(C)c(C(C)=O)c(SCC(=O)O)n2)cc1. The number of hydrogen-bond donors (Lipinski definition) is 1. The van der Waals surface area contributed by atoms with Crippen LogP contribution in [0.1, 0.15) is 23.0 Å². The molecule has 23 heavy (non-hydrogen) atoms. The predicted molar refractivity (Wildman–Crippen MR) is 87.1 cm³/mol. The van der Waals surface area contributed by atoms with Crippen LogP contribution in [0.5, 0.6) is 5.75 Å². The number of hydrogen-bond acceptors (Lipinski definition) is 6. The molecule has 6 nitrogen and oxygen atoms in total. The number of ether oxygens (including phenoxy) is 1. The van der Waals surface area contributed by atoms with E-state index in [-0.39, 0.29) is 11.5 Å². The number of Topliss-reactive ketones (excluding diaryl/α,β-unsaturated/α-hetero) is 1. The van der Waals surface area contributed by atoms with Gasteiger partial charge < -0.3 is 9.84 Å². The molecule has 1 N–H and O–H groups in total. The average Bonchev–Trinajstić information content (AvgIpc) is 2.52. The van der Waals surface area contributed by atoms with Gasteiger partial charge in [0.1, 0.15) is 10.8 Å². The highest BCUT2D eigenvalue weighted by atomic mass is 32.2. The molecule has 0 spiro atoms. The van der Waals surface area contributed by atoms with Gasteiger partial charge in [-0.2, -0.15) is 0 Å². The van der Waals surface area contributed by atoms with Crippen molar-refractivity contribution >= 4 is 23.5 Å². The minimum absolute atomic E-state index is 0.168. The van der Waals surface area contributed by atoms with E-state index in [0.717, 1.165) is 17.3 Å². The van der Waals surface area contributed by atoms with E-state index in [4.69, 9.17) is 9.84 Å². The van der Waals surface area contributed by atoms with Gasteiger partial charge in [0, 0.05) is 5.56 Å². The number of carboxylic acids is 1. The Kier molecular flexibility index (Phi) is 5.33. The van der Waals surface area contributed by atoms with E-state index >= 15 is 0 Å². The van der Waals surface area contributed by atoms with Gasteiger partial charge in [-0.15, -0.1) is 0 Å². The van der Waals surface area contributed by atoms with E-state index in [1.165, 1.54) is 6.92 Å². The maximum Gasteiger partial charge on any atom is 0.313 e. The van der Waals surface area contributed by atoms with Crippen LogP contribution in [0.2, 0.25) is 0 Å². The van der Waals surface area contributed by atoms with Crippen LogP contribution in [0.3, 0.4) is 0 Å². The van der Waals surface area contributed by atoms with Gasteiger partial charge >= 0.3 is 5.97 Å². The molecule has 0 atom stereocenters. The molecule has 0 radical (unpaired) electrons. The van der Waals surface area contributed by atoms with Gasteiger partial charge in [0.25, 0.3) is 0 Å². The number of benzene rings is 1. The van der Waals surface area contributed by atoms with Gasteiger partial charge in [-0.25, -0.2) is 9.97 Å². The molecule has 1 aromatic heterocycles. The number of aliphatic carboxylic acids is 1. The predicted octanol–water partition coefficient (Wildman–Crippen LogP) is 2.84. The number of carbonyl (C=O) groups is 2. The Hall–Kier alpha value is -2.41. The molecule has 7 heteroatoms. The lowest BCUT2D eigenvalue weighted by Crippen LogP contribution is -2.08. The van der Waals surface area contributed by atoms with E-state index in [1.54, 1.807) is 26.2 Å². The molecule has 0 aliphatic carbocycles. The van der Waals surface area contributed by atoms with Crippen LogP contribution >= 0.6 is 11.8 Å². The summed E-state index contributed by atoms with van der Waals surface area (Å²) < 4.78 is 5.11. The molecule has 0 aliphatic heterocycles. The van der Waals surface area contributed by atoms with Gasteiger partial charge in [0.15, 0.2) is 11.6 Å². The first kappa shape index (κ1) is 17.0. The highest BCUT2D eigenvalue weighted by Crippen LogP contribution is 2.27. The topological polar surface area (TPSA) is 89.4 Å². The summed E-state index contributed by atoms with van der Waals surface area (Å²) >= 11 is 1.02. The minimum atomic E-state index is -0.966. The fraction of sp³-hybridized carbons (Fsp3) is 0.250. The molecule has 0 aliphatic rings. The first-order valence-corrected chi connectivity index (χ1v) is 7.79. The Morgan fingerprint density at radius 2 is 1.87 bits per heavy atom. The summed E-state index contributed by atoms with van der Waals surface area (Å²) in [6, 6.07) is 7.20. The molecular formula is C16H16N2O4S. The molecule has 1 aromatic carbocycles. The van der Waals surface area contributed by atoms with Crippen LogP contribution in [-0.4, -0.2) is 39.7 Å². The molecule has 0 unspecified atom stereocenters. The lowest BCUT2D eigenvalue weighted by Gasteiger charge is -2.10. The smallest absolute Gasteiger partial charge is 0.313 e. The molecular weight excluding hydrogens is 316 g/mol.